The van der Waals surface area contributed by atoms with Crippen LogP contribution in [0.15, 0.2) is 29.4 Å². The summed E-state index contributed by atoms with van der Waals surface area (Å²) in [5.41, 5.74) is 1.13. The van der Waals surface area contributed by atoms with Gasteiger partial charge < -0.3 is 14.8 Å². The highest BCUT2D eigenvalue weighted by Gasteiger charge is 2.20. The molecule has 2 N–H and O–H groups in total. The van der Waals surface area contributed by atoms with Crippen LogP contribution in [0.4, 0.5) is 0 Å². The molecule has 1 aromatic carbocycles. The van der Waals surface area contributed by atoms with Crippen molar-refractivity contribution in [3.8, 4) is 17.0 Å². The summed E-state index contributed by atoms with van der Waals surface area (Å²) in [6.45, 7) is 0. The third kappa shape index (κ3) is 2.19. The lowest BCUT2D eigenvalue weighted by Gasteiger charge is -2.06. The lowest BCUT2D eigenvalue weighted by atomic mass is 10.1. The van der Waals surface area contributed by atoms with E-state index in [9.17, 15) is 9.90 Å². The fourth-order valence-electron chi connectivity index (χ4n) is 1.64. The number of carboxylic acid groups (broad SMARTS) is 1. The topological polar surface area (TPSA) is 75.2 Å². The number of carboxylic acids is 1. The van der Waals surface area contributed by atoms with Crippen molar-refractivity contribution in [1.82, 2.24) is 9.97 Å². The Hall–Kier alpha value is -1.95. The van der Waals surface area contributed by atoms with Gasteiger partial charge in [0.15, 0.2) is 10.9 Å². The van der Waals surface area contributed by atoms with E-state index in [1.165, 1.54) is 11.8 Å². The first-order chi connectivity index (χ1) is 8.67. The van der Waals surface area contributed by atoms with Gasteiger partial charge in [0.05, 0.1) is 7.11 Å². The number of para-hydroxylation sites is 1. The summed E-state index contributed by atoms with van der Waals surface area (Å²) in [4.78, 5) is 18.3. The summed E-state index contributed by atoms with van der Waals surface area (Å²) in [6, 6.07) is 7.20. The van der Waals surface area contributed by atoms with Crippen LogP contribution in [0.1, 0.15) is 10.5 Å². The molecule has 0 aliphatic rings. The molecule has 0 saturated heterocycles. The van der Waals surface area contributed by atoms with Crippen molar-refractivity contribution in [2.45, 2.75) is 5.16 Å². The van der Waals surface area contributed by atoms with E-state index in [0.717, 1.165) is 0 Å². The maximum Gasteiger partial charge on any atom is 0.354 e. The molecule has 2 rings (SSSR count). The summed E-state index contributed by atoms with van der Waals surface area (Å²) in [5, 5.41) is 9.74. The van der Waals surface area contributed by atoms with Gasteiger partial charge in [-0.25, -0.2) is 9.78 Å². The van der Waals surface area contributed by atoms with Crippen molar-refractivity contribution >= 4 is 17.7 Å². The van der Waals surface area contributed by atoms with Gasteiger partial charge in [-0.1, -0.05) is 23.9 Å². The van der Waals surface area contributed by atoms with Gasteiger partial charge in [0.1, 0.15) is 11.4 Å². The van der Waals surface area contributed by atoms with Gasteiger partial charge in [-0.05, 0) is 18.4 Å². The summed E-state index contributed by atoms with van der Waals surface area (Å²) in [7, 11) is 1.54. The quantitative estimate of drug-likeness (QED) is 0.830. The molecule has 0 saturated carbocycles. The van der Waals surface area contributed by atoms with E-state index >= 15 is 0 Å². The van der Waals surface area contributed by atoms with Crippen molar-refractivity contribution in [1.29, 1.82) is 0 Å². The Kier molecular flexibility index (Phi) is 3.57. The third-order valence-corrected chi connectivity index (χ3v) is 3.03. The predicted molar refractivity (Wildman–Crippen MR) is 69.3 cm³/mol. The predicted octanol–water partition coefficient (Wildman–Crippen LogP) is 2.51. The van der Waals surface area contributed by atoms with E-state index in [-0.39, 0.29) is 5.69 Å². The molecule has 5 nitrogen and oxygen atoms in total. The first kappa shape index (κ1) is 12.5. The summed E-state index contributed by atoms with van der Waals surface area (Å²) in [6.07, 6.45) is 1.83. The van der Waals surface area contributed by atoms with Gasteiger partial charge in [-0.3, -0.25) is 0 Å². The molecular formula is C12H12N2O3S. The number of imidazole rings is 1. The van der Waals surface area contributed by atoms with Crippen LogP contribution in [0.5, 0.6) is 5.75 Å². The molecular weight excluding hydrogens is 252 g/mol. The number of rotatable bonds is 4. The Morgan fingerprint density at radius 2 is 2.17 bits per heavy atom. The summed E-state index contributed by atoms with van der Waals surface area (Å²) in [5.74, 6) is -0.442. The summed E-state index contributed by atoms with van der Waals surface area (Å²) < 4.78 is 5.22. The smallest absolute Gasteiger partial charge is 0.354 e. The number of benzene rings is 1. The Labute approximate surface area is 108 Å². The monoisotopic (exact) mass is 264 g/mol. The second kappa shape index (κ2) is 5.14. The number of nitrogens with one attached hydrogen (secondary N) is 1. The van der Waals surface area contributed by atoms with Crippen LogP contribution in [0.2, 0.25) is 0 Å². The molecule has 0 aliphatic carbocycles. The lowest BCUT2D eigenvalue weighted by Crippen LogP contribution is -2.00. The average molecular weight is 264 g/mol. The zero-order chi connectivity index (χ0) is 13.1. The van der Waals surface area contributed by atoms with Crippen LogP contribution in [0, 0.1) is 0 Å². The molecule has 94 valence electrons. The minimum atomic E-state index is -1.04. The molecule has 1 heterocycles. The Morgan fingerprint density at radius 3 is 2.78 bits per heavy atom. The molecule has 1 aromatic heterocycles. The second-order valence-electron chi connectivity index (χ2n) is 3.48. The highest BCUT2D eigenvalue weighted by atomic mass is 32.2. The van der Waals surface area contributed by atoms with Gasteiger partial charge in [0.2, 0.25) is 0 Å². The van der Waals surface area contributed by atoms with Crippen LogP contribution in [0.25, 0.3) is 11.3 Å². The van der Waals surface area contributed by atoms with Crippen LogP contribution in [0.3, 0.4) is 0 Å². The standard InChI is InChI=1S/C12H12N2O3S/c1-17-8-6-4-3-5-7(8)9-10(11(15)16)14-12(13-9)18-2/h3-6H,1-2H3,(H,13,14)(H,15,16). The van der Waals surface area contributed by atoms with E-state index in [4.69, 9.17) is 4.74 Å². The van der Waals surface area contributed by atoms with E-state index in [0.29, 0.717) is 22.2 Å². The highest BCUT2D eigenvalue weighted by molar-refractivity contribution is 7.98. The molecule has 0 radical (unpaired) electrons. The van der Waals surface area contributed by atoms with E-state index in [2.05, 4.69) is 9.97 Å². The fourth-order valence-corrected chi connectivity index (χ4v) is 2.02. The van der Waals surface area contributed by atoms with E-state index in [1.54, 1.807) is 19.2 Å². The number of aromatic carboxylic acids is 1. The molecule has 0 atom stereocenters. The number of nitrogens with zero attached hydrogens (tertiary/aromatic N) is 1. The van der Waals surface area contributed by atoms with Crippen molar-refractivity contribution in [3.05, 3.63) is 30.0 Å². The molecule has 2 aromatic rings. The SMILES string of the molecule is COc1ccccc1-c1nc(SC)[nH]c1C(=O)O. The number of methoxy groups -OCH3 is 1. The van der Waals surface area contributed by atoms with Gasteiger partial charge in [0, 0.05) is 5.56 Å². The molecule has 0 unspecified atom stereocenters. The first-order valence-corrected chi connectivity index (χ1v) is 6.40. The largest absolute Gasteiger partial charge is 0.496 e. The molecule has 0 spiro atoms. The van der Waals surface area contributed by atoms with Gasteiger partial charge in [0.25, 0.3) is 0 Å². The number of H-pyrrole nitrogens is 1. The van der Waals surface area contributed by atoms with Crippen LogP contribution < -0.4 is 4.74 Å². The van der Waals surface area contributed by atoms with Gasteiger partial charge in [-0.15, -0.1) is 0 Å². The molecule has 0 fully saturated rings. The molecule has 18 heavy (non-hydrogen) atoms. The molecule has 0 bridgehead atoms. The Balaban J connectivity index is 2.62. The second-order valence-corrected chi connectivity index (χ2v) is 4.27. The van der Waals surface area contributed by atoms with Crippen molar-refractivity contribution in [3.63, 3.8) is 0 Å². The number of carbonyl (C=O) groups is 1. The summed E-state index contributed by atoms with van der Waals surface area (Å²) >= 11 is 1.36. The number of aromatic amines is 1. The van der Waals surface area contributed by atoms with E-state index < -0.39 is 5.97 Å². The Bertz CT molecular complexity index is 580. The normalized spacial score (nSPS) is 10.3. The minimum Gasteiger partial charge on any atom is -0.496 e. The number of hydrogen-bond donors (Lipinski definition) is 2. The van der Waals surface area contributed by atoms with Crippen molar-refractivity contribution in [2.24, 2.45) is 0 Å². The third-order valence-electron chi connectivity index (χ3n) is 2.45. The van der Waals surface area contributed by atoms with Crippen molar-refractivity contribution in [2.75, 3.05) is 13.4 Å². The number of thioether (sulfide) groups is 1. The highest BCUT2D eigenvalue weighted by Crippen LogP contribution is 2.32. The molecule has 0 aliphatic heterocycles. The maximum atomic E-state index is 11.2. The lowest BCUT2D eigenvalue weighted by molar-refractivity contribution is 0.0691. The van der Waals surface area contributed by atoms with Crippen LogP contribution >= 0.6 is 11.8 Å². The van der Waals surface area contributed by atoms with E-state index in [1.807, 2.05) is 18.4 Å². The van der Waals surface area contributed by atoms with Crippen LogP contribution in [-0.4, -0.2) is 34.4 Å². The maximum absolute atomic E-state index is 11.2. The minimum absolute atomic E-state index is 0.0730. The van der Waals surface area contributed by atoms with Gasteiger partial charge in [-0.2, -0.15) is 0 Å². The number of aromatic nitrogens is 2. The van der Waals surface area contributed by atoms with Gasteiger partial charge >= 0.3 is 5.97 Å². The zero-order valence-electron chi connectivity index (χ0n) is 9.93. The fraction of sp³-hybridized carbons (Fsp3) is 0.167. The molecule has 0 amide bonds. The number of hydrogen-bond acceptors (Lipinski definition) is 4. The van der Waals surface area contributed by atoms with Crippen LogP contribution in [-0.2, 0) is 0 Å². The molecule has 6 heteroatoms. The number of ether oxygens (including phenoxy) is 1. The Morgan fingerprint density at radius 1 is 1.44 bits per heavy atom. The zero-order valence-corrected chi connectivity index (χ0v) is 10.7. The first-order valence-electron chi connectivity index (χ1n) is 5.18. The van der Waals surface area contributed by atoms with Crippen molar-refractivity contribution < 1.29 is 14.6 Å². The average Bonchev–Trinajstić information content (AvgIpc) is 2.83.